The first-order valence-corrected chi connectivity index (χ1v) is 8.46. The summed E-state index contributed by atoms with van der Waals surface area (Å²) in [5, 5.41) is 13.8. The van der Waals surface area contributed by atoms with E-state index < -0.39 is 23.5 Å². The smallest absolute Gasteiger partial charge is 0.325 e. The van der Waals surface area contributed by atoms with Crippen molar-refractivity contribution in [3.63, 3.8) is 0 Å². The first kappa shape index (κ1) is 18.8. The molecule has 0 aliphatic carbocycles. The summed E-state index contributed by atoms with van der Waals surface area (Å²) in [5.74, 6) is -0.996. The van der Waals surface area contributed by atoms with Gasteiger partial charge in [0.25, 0.3) is 0 Å². The standard InChI is InChI=1S/C16H11F4N5OS/c17-11-2-1-3-13(8-11)25-15(22-23-24-25)27-9-14(26)21-12-6-4-10(5-7-12)16(18,19)20/h1-8H,9H2,(H,21,26). The molecule has 6 nitrogen and oxygen atoms in total. The highest BCUT2D eigenvalue weighted by molar-refractivity contribution is 7.99. The molecule has 1 N–H and O–H groups in total. The molecule has 0 atom stereocenters. The molecule has 0 bridgehead atoms. The van der Waals surface area contributed by atoms with Gasteiger partial charge in [0.2, 0.25) is 11.1 Å². The molecule has 0 aliphatic heterocycles. The van der Waals surface area contributed by atoms with Gasteiger partial charge < -0.3 is 5.32 Å². The number of amides is 1. The molecular formula is C16H11F4N5OS. The monoisotopic (exact) mass is 397 g/mol. The minimum atomic E-state index is -4.44. The molecular weight excluding hydrogens is 386 g/mol. The molecule has 0 unspecified atom stereocenters. The fourth-order valence-corrected chi connectivity index (χ4v) is 2.80. The molecule has 0 saturated carbocycles. The molecule has 0 spiro atoms. The van der Waals surface area contributed by atoms with Crippen LogP contribution in [0.2, 0.25) is 0 Å². The number of carbonyl (C=O) groups is 1. The van der Waals surface area contributed by atoms with Gasteiger partial charge in [-0.1, -0.05) is 17.8 Å². The summed E-state index contributed by atoms with van der Waals surface area (Å²) in [6.07, 6.45) is -4.44. The van der Waals surface area contributed by atoms with Crippen LogP contribution in [-0.4, -0.2) is 31.9 Å². The zero-order valence-corrected chi connectivity index (χ0v) is 14.3. The van der Waals surface area contributed by atoms with Crippen LogP contribution in [0.3, 0.4) is 0 Å². The number of benzene rings is 2. The molecule has 2 aromatic carbocycles. The van der Waals surface area contributed by atoms with Crippen molar-refractivity contribution in [3.05, 3.63) is 59.9 Å². The number of hydrogen-bond donors (Lipinski definition) is 1. The van der Waals surface area contributed by atoms with Gasteiger partial charge in [-0.3, -0.25) is 4.79 Å². The fraction of sp³-hybridized carbons (Fsp3) is 0.125. The minimum absolute atomic E-state index is 0.0866. The maximum Gasteiger partial charge on any atom is 0.416 e. The van der Waals surface area contributed by atoms with Crippen LogP contribution in [0, 0.1) is 5.82 Å². The van der Waals surface area contributed by atoms with Crippen molar-refractivity contribution in [2.45, 2.75) is 11.3 Å². The Labute approximate surface area is 154 Å². The van der Waals surface area contributed by atoms with Crippen LogP contribution in [0.25, 0.3) is 5.69 Å². The van der Waals surface area contributed by atoms with E-state index in [0.29, 0.717) is 5.69 Å². The first-order chi connectivity index (χ1) is 12.8. The van der Waals surface area contributed by atoms with E-state index in [1.54, 1.807) is 6.07 Å². The molecule has 3 rings (SSSR count). The first-order valence-electron chi connectivity index (χ1n) is 7.47. The van der Waals surface area contributed by atoms with Gasteiger partial charge >= 0.3 is 6.18 Å². The fourth-order valence-electron chi connectivity index (χ4n) is 2.11. The number of nitrogens with zero attached hydrogens (tertiary/aromatic N) is 4. The Morgan fingerprint density at radius 2 is 1.89 bits per heavy atom. The minimum Gasteiger partial charge on any atom is -0.325 e. The van der Waals surface area contributed by atoms with Gasteiger partial charge in [0, 0.05) is 5.69 Å². The second kappa shape index (κ2) is 7.74. The summed E-state index contributed by atoms with van der Waals surface area (Å²) >= 11 is 1.00. The van der Waals surface area contributed by atoms with E-state index in [1.807, 2.05) is 0 Å². The lowest BCUT2D eigenvalue weighted by molar-refractivity contribution is -0.137. The zero-order chi connectivity index (χ0) is 19.4. The Kier molecular flexibility index (Phi) is 5.40. The molecule has 27 heavy (non-hydrogen) atoms. The molecule has 1 aromatic heterocycles. The lowest BCUT2D eigenvalue weighted by atomic mass is 10.2. The SMILES string of the molecule is O=C(CSc1nnnn1-c1cccc(F)c1)Nc1ccc(C(F)(F)F)cc1. The second-order valence-electron chi connectivity index (χ2n) is 5.27. The molecule has 1 amide bonds. The number of alkyl halides is 3. The van der Waals surface area contributed by atoms with Gasteiger partial charge in [-0.15, -0.1) is 5.10 Å². The number of halogens is 4. The average molecular weight is 397 g/mol. The second-order valence-corrected chi connectivity index (χ2v) is 6.21. The van der Waals surface area contributed by atoms with E-state index in [-0.39, 0.29) is 16.6 Å². The van der Waals surface area contributed by atoms with Crippen molar-refractivity contribution in [2.75, 3.05) is 11.1 Å². The number of tetrazole rings is 1. The van der Waals surface area contributed by atoms with E-state index >= 15 is 0 Å². The lowest BCUT2D eigenvalue weighted by Crippen LogP contribution is -2.15. The third kappa shape index (κ3) is 4.82. The number of hydrogen-bond acceptors (Lipinski definition) is 5. The third-order valence-electron chi connectivity index (χ3n) is 3.32. The normalized spacial score (nSPS) is 11.4. The number of thioether (sulfide) groups is 1. The van der Waals surface area contributed by atoms with E-state index in [0.717, 1.165) is 23.9 Å². The molecule has 1 heterocycles. The van der Waals surface area contributed by atoms with Crippen molar-refractivity contribution in [1.29, 1.82) is 0 Å². The molecule has 0 saturated heterocycles. The zero-order valence-electron chi connectivity index (χ0n) is 13.4. The molecule has 0 aliphatic rings. The Morgan fingerprint density at radius 3 is 2.56 bits per heavy atom. The van der Waals surface area contributed by atoms with Crippen molar-refractivity contribution in [2.24, 2.45) is 0 Å². The van der Waals surface area contributed by atoms with E-state index in [1.165, 1.54) is 35.0 Å². The van der Waals surface area contributed by atoms with Gasteiger partial charge in [0.15, 0.2) is 0 Å². The number of rotatable bonds is 5. The van der Waals surface area contributed by atoms with Gasteiger partial charge in [0.05, 0.1) is 17.0 Å². The maximum absolute atomic E-state index is 13.3. The van der Waals surface area contributed by atoms with Crippen molar-refractivity contribution < 1.29 is 22.4 Å². The summed E-state index contributed by atoms with van der Waals surface area (Å²) in [7, 11) is 0. The van der Waals surface area contributed by atoms with Gasteiger partial charge in [-0.05, 0) is 52.9 Å². The number of aromatic nitrogens is 4. The summed E-state index contributed by atoms with van der Waals surface area (Å²) < 4.78 is 52.2. The predicted molar refractivity (Wildman–Crippen MR) is 89.9 cm³/mol. The summed E-state index contributed by atoms with van der Waals surface area (Å²) in [4.78, 5) is 12.0. The Morgan fingerprint density at radius 1 is 1.15 bits per heavy atom. The largest absolute Gasteiger partial charge is 0.416 e. The topological polar surface area (TPSA) is 72.7 Å². The van der Waals surface area contributed by atoms with Crippen LogP contribution in [0.1, 0.15) is 5.56 Å². The highest BCUT2D eigenvalue weighted by atomic mass is 32.2. The highest BCUT2D eigenvalue weighted by Crippen LogP contribution is 2.29. The molecule has 11 heteroatoms. The molecule has 0 fully saturated rings. The summed E-state index contributed by atoms with van der Waals surface area (Å²) in [6.45, 7) is 0. The van der Waals surface area contributed by atoms with E-state index in [9.17, 15) is 22.4 Å². The van der Waals surface area contributed by atoms with Crippen LogP contribution < -0.4 is 5.32 Å². The van der Waals surface area contributed by atoms with Crippen LogP contribution in [0.5, 0.6) is 0 Å². The Hall–Kier alpha value is -2.95. The quantitative estimate of drug-likeness (QED) is 0.527. The lowest BCUT2D eigenvalue weighted by Gasteiger charge is -2.09. The third-order valence-corrected chi connectivity index (χ3v) is 4.24. The average Bonchev–Trinajstić information content (AvgIpc) is 3.08. The van der Waals surface area contributed by atoms with Crippen LogP contribution in [-0.2, 0) is 11.0 Å². The molecule has 3 aromatic rings. The number of carbonyl (C=O) groups excluding carboxylic acids is 1. The summed E-state index contributed by atoms with van der Waals surface area (Å²) in [6, 6.07) is 9.72. The highest BCUT2D eigenvalue weighted by Gasteiger charge is 2.30. The molecule has 140 valence electrons. The van der Waals surface area contributed by atoms with E-state index in [4.69, 9.17) is 0 Å². The Bertz CT molecular complexity index is 942. The predicted octanol–water partition coefficient (Wildman–Crippen LogP) is 3.55. The van der Waals surface area contributed by atoms with Crippen LogP contribution in [0.4, 0.5) is 23.2 Å². The van der Waals surface area contributed by atoms with Gasteiger partial charge in [-0.25, -0.2) is 4.39 Å². The van der Waals surface area contributed by atoms with Crippen molar-refractivity contribution >= 4 is 23.4 Å². The van der Waals surface area contributed by atoms with E-state index in [2.05, 4.69) is 20.8 Å². The molecule has 0 radical (unpaired) electrons. The summed E-state index contributed by atoms with van der Waals surface area (Å²) in [5.41, 5.74) is -0.173. The maximum atomic E-state index is 13.3. The number of nitrogens with one attached hydrogen (secondary N) is 1. The van der Waals surface area contributed by atoms with Gasteiger partial charge in [0.1, 0.15) is 5.82 Å². The van der Waals surface area contributed by atoms with Crippen molar-refractivity contribution in [1.82, 2.24) is 20.2 Å². The van der Waals surface area contributed by atoms with Crippen molar-refractivity contribution in [3.8, 4) is 5.69 Å². The number of anilines is 1. The Balaban J connectivity index is 1.61. The van der Waals surface area contributed by atoms with Gasteiger partial charge in [-0.2, -0.15) is 17.9 Å². The van der Waals surface area contributed by atoms with Crippen LogP contribution in [0.15, 0.2) is 53.7 Å². The van der Waals surface area contributed by atoms with Crippen LogP contribution >= 0.6 is 11.8 Å².